The summed E-state index contributed by atoms with van der Waals surface area (Å²) in [7, 11) is 0. The summed E-state index contributed by atoms with van der Waals surface area (Å²) in [4.78, 5) is 11.5. The van der Waals surface area contributed by atoms with Gasteiger partial charge in [0.05, 0.1) is 6.61 Å². The molecule has 0 aliphatic carbocycles. The zero-order chi connectivity index (χ0) is 9.42. The minimum Gasteiger partial charge on any atom is -0.493 e. The van der Waals surface area contributed by atoms with Gasteiger partial charge in [-0.1, -0.05) is 0 Å². The van der Waals surface area contributed by atoms with E-state index < -0.39 is 12.3 Å². The molecule has 2 aliphatic rings. The molecule has 2 heterocycles. The maximum Gasteiger partial charge on any atom is 0.413 e. The number of ether oxygens (including phenoxy) is 1. The second-order valence-corrected chi connectivity index (χ2v) is 2.87. The molecule has 1 amide bonds. The molecular weight excluding hydrogens is 174 g/mol. The van der Waals surface area contributed by atoms with Crippen molar-refractivity contribution in [3.8, 4) is 0 Å². The molecule has 13 heavy (non-hydrogen) atoms. The van der Waals surface area contributed by atoms with Crippen LogP contribution < -0.4 is 0 Å². The van der Waals surface area contributed by atoms with Gasteiger partial charge in [-0.25, -0.2) is 4.79 Å². The predicted molar refractivity (Wildman–Crippen MR) is 42.6 cm³/mol. The summed E-state index contributed by atoms with van der Waals surface area (Å²) in [6.07, 6.45) is 1.20. The van der Waals surface area contributed by atoms with Crippen molar-refractivity contribution in [1.82, 2.24) is 4.90 Å². The van der Waals surface area contributed by atoms with Crippen molar-refractivity contribution in [3.05, 3.63) is 23.6 Å². The van der Waals surface area contributed by atoms with Gasteiger partial charge in [0, 0.05) is 18.2 Å². The fourth-order valence-corrected chi connectivity index (χ4v) is 1.46. The lowest BCUT2D eigenvalue weighted by Gasteiger charge is -2.25. The van der Waals surface area contributed by atoms with Crippen molar-refractivity contribution in [2.75, 3.05) is 6.61 Å². The molecule has 0 spiro atoms. The van der Waals surface area contributed by atoms with Crippen molar-refractivity contribution < 1.29 is 19.7 Å². The van der Waals surface area contributed by atoms with E-state index in [1.54, 1.807) is 6.08 Å². The molecule has 5 heteroatoms. The van der Waals surface area contributed by atoms with E-state index in [9.17, 15) is 9.90 Å². The number of nitrogens with zero attached hydrogens (tertiary/aromatic N) is 1. The van der Waals surface area contributed by atoms with E-state index in [4.69, 9.17) is 9.84 Å². The molecule has 5 nitrogen and oxygen atoms in total. The number of amides is 1. The normalized spacial score (nSPS) is 25.9. The summed E-state index contributed by atoms with van der Waals surface area (Å²) in [6, 6.07) is 0. The zero-order valence-corrected chi connectivity index (χ0v) is 6.80. The Hall–Kier alpha value is -1.49. The van der Waals surface area contributed by atoms with Crippen LogP contribution in [0.25, 0.3) is 0 Å². The molecule has 0 aromatic heterocycles. The summed E-state index contributed by atoms with van der Waals surface area (Å²) in [6.45, 7) is 0.513. The Kier molecular flexibility index (Phi) is 1.73. The van der Waals surface area contributed by atoms with Gasteiger partial charge in [0.1, 0.15) is 5.76 Å². The lowest BCUT2D eigenvalue weighted by molar-refractivity contribution is 0.0607. The van der Waals surface area contributed by atoms with Crippen LogP contribution in [0.1, 0.15) is 6.42 Å². The SMILES string of the molecule is O=C(O)N1C=CC2=C(CCO2)C1O. The quantitative estimate of drug-likeness (QED) is 0.573. The smallest absolute Gasteiger partial charge is 0.413 e. The molecule has 1 unspecified atom stereocenters. The number of aliphatic hydroxyl groups excluding tert-OH is 1. The van der Waals surface area contributed by atoms with Crippen LogP contribution in [0.15, 0.2) is 23.6 Å². The van der Waals surface area contributed by atoms with Crippen molar-refractivity contribution in [2.45, 2.75) is 12.6 Å². The Bertz CT molecular complexity index is 307. The summed E-state index contributed by atoms with van der Waals surface area (Å²) >= 11 is 0. The summed E-state index contributed by atoms with van der Waals surface area (Å²) in [5.41, 5.74) is 0.643. The van der Waals surface area contributed by atoms with Gasteiger partial charge in [-0.05, 0) is 6.08 Å². The first kappa shape index (κ1) is 8.12. The van der Waals surface area contributed by atoms with Crippen LogP contribution >= 0.6 is 0 Å². The Morgan fingerprint density at radius 1 is 1.69 bits per heavy atom. The van der Waals surface area contributed by atoms with Crippen molar-refractivity contribution >= 4 is 6.09 Å². The molecule has 2 rings (SSSR count). The van der Waals surface area contributed by atoms with E-state index >= 15 is 0 Å². The fraction of sp³-hybridized carbons (Fsp3) is 0.375. The first-order valence-electron chi connectivity index (χ1n) is 3.93. The van der Waals surface area contributed by atoms with E-state index in [0.29, 0.717) is 24.4 Å². The van der Waals surface area contributed by atoms with Gasteiger partial charge in [-0.2, -0.15) is 0 Å². The fourth-order valence-electron chi connectivity index (χ4n) is 1.46. The highest BCUT2D eigenvalue weighted by Gasteiger charge is 2.31. The highest BCUT2D eigenvalue weighted by atomic mass is 16.5. The minimum absolute atomic E-state index is 0.513. The van der Waals surface area contributed by atoms with Crippen molar-refractivity contribution in [2.24, 2.45) is 0 Å². The van der Waals surface area contributed by atoms with Crippen molar-refractivity contribution in [1.29, 1.82) is 0 Å². The van der Waals surface area contributed by atoms with Gasteiger partial charge >= 0.3 is 6.09 Å². The molecular formula is C8H9NO4. The minimum atomic E-state index is -1.16. The molecule has 0 radical (unpaired) electrons. The Morgan fingerprint density at radius 2 is 2.46 bits per heavy atom. The third kappa shape index (κ3) is 1.17. The van der Waals surface area contributed by atoms with Crippen LogP contribution in [-0.2, 0) is 4.74 Å². The number of carbonyl (C=O) groups is 1. The zero-order valence-electron chi connectivity index (χ0n) is 6.80. The highest BCUT2D eigenvalue weighted by molar-refractivity contribution is 5.68. The summed E-state index contributed by atoms with van der Waals surface area (Å²) in [5, 5.41) is 18.2. The molecule has 0 aromatic carbocycles. The van der Waals surface area contributed by atoms with E-state index in [-0.39, 0.29) is 0 Å². The number of rotatable bonds is 0. The maximum atomic E-state index is 10.6. The number of hydrogen-bond acceptors (Lipinski definition) is 3. The average molecular weight is 183 g/mol. The largest absolute Gasteiger partial charge is 0.493 e. The number of carboxylic acid groups (broad SMARTS) is 1. The van der Waals surface area contributed by atoms with E-state index in [1.807, 2.05) is 0 Å². The number of allylic oxidation sites excluding steroid dienone is 1. The third-order valence-corrected chi connectivity index (χ3v) is 2.13. The Balaban J connectivity index is 2.27. The number of hydrogen-bond donors (Lipinski definition) is 2. The molecule has 2 aliphatic heterocycles. The molecule has 0 fully saturated rings. The Labute approximate surface area is 74.5 Å². The van der Waals surface area contributed by atoms with E-state index in [0.717, 1.165) is 4.90 Å². The van der Waals surface area contributed by atoms with E-state index in [1.165, 1.54) is 6.20 Å². The molecule has 0 saturated carbocycles. The molecule has 1 atom stereocenters. The monoisotopic (exact) mass is 183 g/mol. The van der Waals surface area contributed by atoms with Gasteiger partial charge in [0.25, 0.3) is 0 Å². The summed E-state index contributed by atoms with van der Waals surface area (Å²) < 4.78 is 5.17. The lowest BCUT2D eigenvalue weighted by Crippen LogP contribution is -2.37. The molecule has 0 bridgehead atoms. The first-order valence-corrected chi connectivity index (χ1v) is 3.93. The van der Waals surface area contributed by atoms with Gasteiger partial charge in [0.2, 0.25) is 0 Å². The lowest BCUT2D eigenvalue weighted by atomic mass is 10.1. The first-order chi connectivity index (χ1) is 6.20. The van der Waals surface area contributed by atoms with Crippen LogP contribution in [0.3, 0.4) is 0 Å². The second-order valence-electron chi connectivity index (χ2n) is 2.87. The third-order valence-electron chi connectivity index (χ3n) is 2.13. The molecule has 0 aromatic rings. The van der Waals surface area contributed by atoms with Crippen LogP contribution in [-0.4, -0.2) is 34.0 Å². The molecule has 70 valence electrons. The number of aliphatic hydroxyl groups is 1. The van der Waals surface area contributed by atoms with Gasteiger partial charge in [0.15, 0.2) is 6.23 Å². The average Bonchev–Trinajstić information content (AvgIpc) is 2.52. The van der Waals surface area contributed by atoms with Gasteiger partial charge in [-0.15, -0.1) is 0 Å². The summed E-state index contributed by atoms with van der Waals surface area (Å²) in [5.74, 6) is 0.602. The Morgan fingerprint density at radius 3 is 3.15 bits per heavy atom. The van der Waals surface area contributed by atoms with Crippen LogP contribution in [0.4, 0.5) is 4.79 Å². The molecule has 2 N–H and O–H groups in total. The van der Waals surface area contributed by atoms with Gasteiger partial charge in [-0.3, -0.25) is 4.90 Å². The van der Waals surface area contributed by atoms with E-state index in [2.05, 4.69) is 0 Å². The molecule has 0 saturated heterocycles. The topological polar surface area (TPSA) is 70.0 Å². The van der Waals surface area contributed by atoms with Gasteiger partial charge < -0.3 is 14.9 Å². The van der Waals surface area contributed by atoms with Crippen LogP contribution in [0.5, 0.6) is 0 Å². The standard InChI is InChI=1S/C8H9NO4/c10-7-5-2-4-13-6(5)1-3-9(7)8(11)12/h1,3,7,10H,2,4H2,(H,11,12). The maximum absolute atomic E-state index is 10.6. The van der Waals surface area contributed by atoms with Crippen LogP contribution in [0.2, 0.25) is 0 Å². The second kappa shape index (κ2) is 2.77. The van der Waals surface area contributed by atoms with Crippen LogP contribution in [0, 0.1) is 0 Å². The predicted octanol–water partition coefficient (Wildman–Crippen LogP) is 0.486. The highest BCUT2D eigenvalue weighted by Crippen LogP contribution is 2.28. The van der Waals surface area contributed by atoms with Crippen molar-refractivity contribution in [3.63, 3.8) is 0 Å².